The summed E-state index contributed by atoms with van der Waals surface area (Å²) in [5.74, 6) is 1.38. The van der Waals surface area contributed by atoms with Crippen molar-refractivity contribution >= 4 is 5.91 Å². The van der Waals surface area contributed by atoms with Crippen molar-refractivity contribution in [1.82, 2.24) is 24.6 Å². The fourth-order valence-electron chi connectivity index (χ4n) is 3.93. The van der Waals surface area contributed by atoms with Crippen molar-refractivity contribution in [3.8, 4) is 5.69 Å². The molecule has 7 nitrogen and oxygen atoms in total. The number of amides is 1. The Hall–Kier alpha value is -2.67. The number of benzene rings is 1. The molecule has 1 atom stereocenters. The quantitative estimate of drug-likeness (QED) is 0.815. The van der Waals surface area contributed by atoms with Gasteiger partial charge < -0.3 is 4.90 Å². The Morgan fingerprint density at radius 3 is 2.63 bits per heavy atom. The maximum absolute atomic E-state index is 12.5. The van der Waals surface area contributed by atoms with Gasteiger partial charge in [0.25, 0.3) is 0 Å². The number of carbonyl (C=O) groups is 1. The molecule has 3 heterocycles. The number of para-hydroxylation sites is 1. The average Bonchev–Trinajstić information content (AvgIpc) is 3.32. The summed E-state index contributed by atoms with van der Waals surface area (Å²) in [6, 6.07) is 9.47. The predicted molar refractivity (Wildman–Crippen MR) is 103 cm³/mol. The highest BCUT2D eigenvalue weighted by Crippen LogP contribution is 2.22. The first-order valence-corrected chi connectivity index (χ1v) is 9.52. The molecule has 0 bridgehead atoms. The van der Waals surface area contributed by atoms with Gasteiger partial charge in [-0.3, -0.25) is 10.1 Å². The Morgan fingerprint density at radius 2 is 1.96 bits per heavy atom. The minimum absolute atomic E-state index is 0.122. The molecule has 2 aromatic rings. The van der Waals surface area contributed by atoms with E-state index in [9.17, 15) is 9.59 Å². The van der Waals surface area contributed by atoms with E-state index in [0.717, 1.165) is 50.4 Å². The minimum Gasteiger partial charge on any atom is -0.341 e. The third-order valence-corrected chi connectivity index (χ3v) is 5.45. The van der Waals surface area contributed by atoms with Crippen LogP contribution in [0.1, 0.15) is 18.7 Å². The number of nitrogens with one attached hydrogen (secondary N) is 1. The number of nitrogens with zero attached hydrogens (tertiary/aromatic N) is 4. The van der Waals surface area contributed by atoms with Gasteiger partial charge in [-0.2, -0.15) is 5.10 Å². The zero-order chi connectivity index (χ0) is 18.8. The lowest BCUT2D eigenvalue weighted by molar-refractivity contribution is -0.133. The van der Waals surface area contributed by atoms with E-state index in [1.54, 1.807) is 11.6 Å². The number of aromatic nitrogens is 3. The monoisotopic (exact) mass is 367 g/mol. The van der Waals surface area contributed by atoms with Crippen LogP contribution in [0.4, 0.5) is 0 Å². The molecular weight excluding hydrogens is 342 g/mol. The Labute approximate surface area is 158 Å². The van der Waals surface area contributed by atoms with Gasteiger partial charge in [-0.1, -0.05) is 30.4 Å². The summed E-state index contributed by atoms with van der Waals surface area (Å²) in [5, 5.41) is 7.65. The molecule has 0 saturated carbocycles. The van der Waals surface area contributed by atoms with Crippen molar-refractivity contribution < 1.29 is 4.79 Å². The topological polar surface area (TPSA) is 72.2 Å². The van der Waals surface area contributed by atoms with Crippen molar-refractivity contribution in [2.45, 2.75) is 25.3 Å². The molecule has 1 amide bonds. The lowest BCUT2D eigenvalue weighted by Gasteiger charge is -2.33. The fourth-order valence-corrected chi connectivity index (χ4v) is 3.93. The molecule has 1 N–H and O–H groups in total. The molecule has 0 radical (unpaired) electrons. The maximum Gasteiger partial charge on any atom is 0.350 e. The molecule has 0 aliphatic carbocycles. The van der Waals surface area contributed by atoms with Gasteiger partial charge in [0, 0.05) is 33.1 Å². The van der Waals surface area contributed by atoms with E-state index < -0.39 is 0 Å². The van der Waals surface area contributed by atoms with E-state index in [-0.39, 0.29) is 17.6 Å². The molecule has 1 fully saturated rings. The van der Waals surface area contributed by atoms with Gasteiger partial charge >= 0.3 is 5.69 Å². The van der Waals surface area contributed by atoms with Crippen molar-refractivity contribution in [2.24, 2.45) is 13.0 Å². The summed E-state index contributed by atoms with van der Waals surface area (Å²) in [5.41, 5.74) is 0.722. The second kappa shape index (κ2) is 7.52. The smallest absolute Gasteiger partial charge is 0.341 e. The molecule has 0 spiro atoms. The molecule has 1 aromatic heterocycles. The average molecular weight is 367 g/mol. The van der Waals surface area contributed by atoms with E-state index in [0.29, 0.717) is 5.92 Å². The highest BCUT2D eigenvalue weighted by Gasteiger charge is 2.29. The van der Waals surface area contributed by atoms with Crippen LogP contribution in [0.5, 0.6) is 0 Å². The normalized spacial score (nSPS) is 20.3. The Kier molecular flexibility index (Phi) is 4.94. The van der Waals surface area contributed by atoms with Crippen LogP contribution in [0, 0.1) is 5.92 Å². The molecule has 2 aliphatic heterocycles. The van der Waals surface area contributed by atoms with Gasteiger partial charge in [0.15, 0.2) is 0 Å². The lowest BCUT2D eigenvalue weighted by atomic mass is 9.93. The van der Waals surface area contributed by atoms with Crippen LogP contribution in [0.25, 0.3) is 5.69 Å². The van der Waals surface area contributed by atoms with Gasteiger partial charge in [0.1, 0.15) is 11.9 Å². The molecule has 4 rings (SSSR count). The molecule has 2 aliphatic rings. The standard InChI is InChI=1S/C20H25N5O2/c1-23-20(27)25(16-6-3-2-4-7-16)18(22-23)14-15-9-12-24(13-10-15)19(26)17-8-5-11-21-17/h2-8,15,17,21H,9-14H2,1H3/t17-/m0/s1. The molecule has 1 aromatic carbocycles. The number of aryl methyl sites for hydroxylation is 1. The summed E-state index contributed by atoms with van der Waals surface area (Å²) < 4.78 is 3.10. The number of piperidine rings is 1. The van der Waals surface area contributed by atoms with Crippen molar-refractivity contribution in [3.63, 3.8) is 0 Å². The van der Waals surface area contributed by atoms with E-state index in [4.69, 9.17) is 0 Å². The number of likely N-dealkylation sites (tertiary alicyclic amines) is 1. The van der Waals surface area contributed by atoms with Gasteiger partial charge in [-0.05, 0) is 30.9 Å². The van der Waals surface area contributed by atoms with Gasteiger partial charge in [-0.15, -0.1) is 0 Å². The van der Waals surface area contributed by atoms with Crippen LogP contribution >= 0.6 is 0 Å². The molecule has 142 valence electrons. The molecular formula is C20H25N5O2. The second-order valence-electron chi connectivity index (χ2n) is 7.28. The van der Waals surface area contributed by atoms with Crippen LogP contribution in [0.3, 0.4) is 0 Å². The molecule has 27 heavy (non-hydrogen) atoms. The van der Waals surface area contributed by atoms with E-state index in [2.05, 4.69) is 10.4 Å². The lowest BCUT2D eigenvalue weighted by Crippen LogP contribution is -2.47. The highest BCUT2D eigenvalue weighted by atomic mass is 16.2. The number of hydrogen-bond donors (Lipinski definition) is 1. The van der Waals surface area contributed by atoms with Crippen molar-refractivity contribution in [2.75, 3.05) is 19.6 Å². The molecule has 7 heteroatoms. The maximum atomic E-state index is 12.5. The van der Waals surface area contributed by atoms with Gasteiger partial charge in [-0.25, -0.2) is 14.0 Å². The van der Waals surface area contributed by atoms with Crippen molar-refractivity contribution in [1.29, 1.82) is 0 Å². The number of hydrogen-bond acceptors (Lipinski definition) is 4. The zero-order valence-corrected chi connectivity index (χ0v) is 15.5. The van der Waals surface area contributed by atoms with Crippen molar-refractivity contribution in [3.05, 3.63) is 58.8 Å². The van der Waals surface area contributed by atoms with Gasteiger partial charge in [0.05, 0.1) is 5.69 Å². The third kappa shape index (κ3) is 3.60. The Morgan fingerprint density at radius 1 is 1.22 bits per heavy atom. The van der Waals surface area contributed by atoms with E-state index in [1.165, 1.54) is 4.68 Å². The number of carbonyl (C=O) groups excluding carboxylic acids is 1. The SMILES string of the molecule is Cn1nc(CC2CCN(C(=O)[C@@H]3C=CCN3)CC2)n(-c2ccccc2)c1=O. The number of rotatable bonds is 4. The van der Waals surface area contributed by atoms with E-state index in [1.807, 2.05) is 47.4 Å². The minimum atomic E-state index is -0.166. The first kappa shape index (κ1) is 17.7. The third-order valence-electron chi connectivity index (χ3n) is 5.45. The van der Waals surface area contributed by atoms with Crippen LogP contribution in [-0.2, 0) is 18.3 Å². The predicted octanol–water partition coefficient (Wildman–Crippen LogP) is 0.880. The fraction of sp³-hybridized carbons (Fsp3) is 0.450. The molecule has 1 saturated heterocycles. The Balaban J connectivity index is 1.44. The van der Waals surface area contributed by atoms with Crippen LogP contribution in [0.15, 0.2) is 47.3 Å². The summed E-state index contributed by atoms with van der Waals surface area (Å²) in [6.07, 6.45) is 6.55. The van der Waals surface area contributed by atoms with Gasteiger partial charge in [0.2, 0.25) is 5.91 Å². The summed E-state index contributed by atoms with van der Waals surface area (Å²) in [7, 11) is 1.69. The van der Waals surface area contributed by atoms with Crippen LogP contribution in [0.2, 0.25) is 0 Å². The van der Waals surface area contributed by atoms with Crippen LogP contribution < -0.4 is 11.0 Å². The largest absolute Gasteiger partial charge is 0.350 e. The Bertz CT molecular complexity index is 891. The van der Waals surface area contributed by atoms with E-state index >= 15 is 0 Å². The second-order valence-corrected chi connectivity index (χ2v) is 7.28. The summed E-state index contributed by atoms with van der Waals surface area (Å²) in [6.45, 7) is 2.29. The zero-order valence-electron chi connectivity index (χ0n) is 15.5. The highest BCUT2D eigenvalue weighted by molar-refractivity contribution is 5.84. The summed E-state index contributed by atoms with van der Waals surface area (Å²) in [4.78, 5) is 27.0. The first-order chi connectivity index (χ1) is 13.1. The van der Waals surface area contributed by atoms with Crippen LogP contribution in [-0.4, -0.2) is 50.8 Å². The molecule has 0 unspecified atom stereocenters. The summed E-state index contributed by atoms with van der Waals surface area (Å²) >= 11 is 0. The first-order valence-electron chi connectivity index (χ1n) is 9.52.